The highest BCUT2D eigenvalue weighted by Gasteiger charge is 2.20. The number of hydrogen-bond acceptors (Lipinski definition) is 3. The van der Waals surface area contributed by atoms with Crippen molar-refractivity contribution < 1.29 is 4.74 Å². The van der Waals surface area contributed by atoms with E-state index in [9.17, 15) is 0 Å². The molecule has 0 spiro atoms. The van der Waals surface area contributed by atoms with Gasteiger partial charge in [0, 0.05) is 13.0 Å². The molecule has 0 aliphatic carbocycles. The van der Waals surface area contributed by atoms with E-state index in [0.29, 0.717) is 28.8 Å². The van der Waals surface area contributed by atoms with Crippen LogP contribution >= 0.6 is 11.6 Å². The zero-order chi connectivity index (χ0) is 15.4. The minimum atomic E-state index is 0.576. The molecule has 0 atom stereocenters. The summed E-state index contributed by atoms with van der Waals surface area (Å²) in [5, 5.41) is 0.576. The van der Waals surface area contributed by atoms with Crippen molar-refractivity contribution in [1.82, 2.24) is 9.55 Å². The summed E-state index contributed by atoms with van der Waals surface area (Å²) in [6, 6.07) is 5.51. The smallest absolute Gasteiger partial charge is 0.132 e. The van der Waals surface area contributed by atoms with Crippen LogP contribution in [0.4, 0.5) is 5.82 Å². The average molecular weight is 306 g/mol. The van der Waals surface area contributed by atoms with Crippen LogP contribution in [0.2, 0.25) is 5.02 Å². The molecule has 5 heteroatoms. The van der Waals surface area contributed by atoms with Gasteiger partial charge in [-0.15, -0.1) is 6.58 Å². The van der Waals surface area contributed by atoms with Gasteiger partial charge in [0.1, 0.15) is 23.1 Å². The van der Waals surface area contributed by atoms with Crippen LogP contribution < -0.4 is 10.5 Å². The van der Waals surface area contributed by atoms with Gasteiger partial charge in [-0.05, 0) is 18.6 Å². The number of benzene rings is 1. The van der Waals surface area contributed by atoms with E-state index in [1.54, 1.807) is 7.11 Å². The highest BCUT2D eigenvalue weighted by Crippen LogP contribution is 2.39. The zero-order valence-corrected chi connectivity index (χ0v) is 13.2. The normalized spacial score (nSPS) is 10.6. The molecular weight excluding hydrogens is 286 g/mol. The summed E-state index contributed by atoms with van der Waals surface area (Å²) < 4.78 is 7.36. The molecule has 2 aromatic rings. The zero-order valence-electron chi connectivity index (χ0n) is 12.4. The molecule has 4 nitrogen and oxygen atoms in total. The summed E-state index contributed by atoms with van der Waals surface area (Å²) in [6.45, 7) is 6.51. The Hall–Kier alpha value is -1.94. The first-order valence-corrected chi connectivity index (χ1v) is 7.30. The SMILES string of the molecule is C=CCn1c(CCC)nc(-c2c(Cl)cccc2OC)c1N. The highest BCUT2D eigenvalue weighted by atomic mass is 35.5. The maximum absolute atomic E-state index is 6.33. The van der Waals surface area contributed by atoms with Crippen LogP contribution in [0.15, 0.2) is 30.9 Å². The van der Waals surface area contributed by atoms with Gasteiger partial charge in [0.15, 0.2) is 0 Å². The van der Waals surface area contributed by atoms with Gasteiger partial charge in [0.2, 0.25) is 0 Å². The van der Waals surface area contributed by atoms with E-state index in [0.717, 1.165) is 24.2 Å². The quantitative estimate of drug-likeness (QED) is 0.823. The molecule has 0 aliphatic rings. The van der Waals surface area contributed by atoms with Crippen molar-refractivity contribution in [2.75, 3.05) is 12.8 Å². The van der Waals surface area contributed by atoms with Crippen LogP contribution in [-0.2, 0) is 13.0 Å². The number of hydrogen-bond donors (Lipinski definition) is 1. The summed E-state index contributed by atoms with van der Waals surface area (Å²) >= 11 is 6.33. The molecule has 0 amide bonds. The predicted octanol–water partition coefficient (Wildman–Crippen LogP) is 3.93. The number of nitrogens with two attached hydrogens (primary N) is 1. The summed E-state index contributed by atoms with van der Waals surface area (Å²) in [5.41, 5.74) is 7.69. The number of allylic oxidation sites excluding steroid dienone is 1. The standard InChI is InChI=1S/C16H20ClN3O/c1-4-7-13-19-15(16(18)20(13)10-5-2)14-11(17)8-6-9-12(14)21-3/h5-6,8-9H,2,4,7,10,18H2,1,3H3. The van der Waals surface area contributed by atoms with E-state index < -0.39 is 0 Å². The van der Waals surface area contributed by atoms with Gasteiger partial charge in [-0.3, -0.25) is 0 Å². The summed E-state index contributed by atoms with van der Waals surface area (Å²) in [7, 11) is 1.61. The number of halogens is 1. The molecule has 2 rings (SSSR count). The Morgan fingerprint density at radius 1 is 1.48 bits per heavy atom. The van der Waals surface area contributed by atoms with E-state index in [-0.39, 0.29) is 0 Å². The van der Waals surface area contributed by atoms with Crippen molar-refractivity contribution in [3.05, 3.63) is 41.7 Å². The number of aryl methyl sites for hydroxylation is 1. The Labute approximate surface area is 130 Å². The lowest BCUT2D eigenvalue weighted by Crippen LogP contribution is -2.06. The molecule has 1 aromatic heterocycles. The number of imidazole rings is 1. The van der Waals surface area contributed by atoms with Crippen LogP contribution in [0.25, 0.3) is 11.3 Å². The second-order valence-electron chi connectivity index (χ2n) is 4.73. The van der Waals surface area contributed by atoms with Crippen molar-refractivity contribution in [2.45, 2.75) is 26.3 Å². The van der Waals surface area contributed by atoms with E-state index in [4.69, 9.17) is 22.1 Å². The lowest BCUT2D eigenvalue weighted by molar-refractivity contribution is 0.416. The molecule has 21 heavy (non-hydrogen) atoms. The Morgan fingerprint density at radius 2 is 2.24 bits per heavy atom. The molecule has 0 radical (unpaired) electrons. The maximum atomic E-state index is 6.33. The number of anilines is 1. The van der Waals surface area contributed by atoms with Gasteiger partial charge >= 0.3 is 0 Å². The number of aromatic nitrogens is 2. The molecule has 0 aliphatic heterocycles. The van der Waals surface area contributed by atoms with Crippen LogP contribution in [0.1, 0.15) is 19.2 Å². The van der Waals surface area contributed by atoms with E-state index in [1.807, 2.05) is 28.8 Å². The largest absolute Gasteiger partial charge is 0.496 e. The number of nitrogens with zero attached hydrogens (tertiary/aromatic N) is 2. The number of nitrogen functional groups attached to an aromatic ring is 1. The van der Waals surface area contributed by atoms with Gasteiger partial charge in [0.05, 0.1) is 17.7 Å². The van der Waals surface area contributed by atoms with Crippen molar-refractivity contribution in [3.8, 4) is 17.0 Å². The predicted molar refractivity (Wildman–Crippen MR) is 87.8 cm³/mol. The molecule has 1 aromatic carbocycles. The van der Waals surface area contributed by atoms with Gasteiger partial charge in [-0.25, -0.2) is 4.98 Å². The number of methoxy groups -OCH3 is 1. The summed E-state index contributed by atoms with van der Waals surface area (Å²) in [4.78, 5) is 4.68. The lowest BCUT2D eigenvalue weighted by Gasteiger charge is -2.09. The first-order valence-electron chi connectivity index (χ1n) is 6.92. The minimum absolute atomic E-state index is 0.576. The van der Waals surface area contributed by atoms with Crippen molar-refractivity contribution >= 4 is 17.4 Å². The van der Waals surface area contributed by atoms with Crippen molar-refractivity contribution in [3.63, 3.8) is 0 Å². The minimum Gasteiger partial charge on any atom is -0.496 e. The van der Waals surface area contributed by atoms with E-state index in [1.165, 1.54) is 0 Å². The monoisotopic (exact) mass is 305 g/mol. The molecular formula is C16H20ClN3O. The second kappa shape index (κ2) is 6.68. The fourth-order valence-electron chi connectivity index (χ4n) is 2.35. The average Bonchev–Trinajstić information content (AvgIpc) is 2.77. The van der Waals surface area contributed by atoms with Crippen LogP contribution in [0.5, 0.6) is 5.75 Å². The Kier molecular flexibility index (Phi) is 4.91. The van der Waals surface area contributed by atoms with Crippen molar-refractivity contribution in [1.29, 1.82) is 0 Å². The molecule has 1 heterocycles. The van der Waals surface area contributed by atoms with Gasteiger partial charge in [0.25, 0.3) is 0 Å². The fraction of sp³-hybridized carbons (Fsp3) is 0.312. The van der Waals surface area contributed by atoms with Gasteiger partial charge < -0.3 is 15.0 Å². The van der Waals surface area contributed by atoms with E-state index in [2.05, 4.69) is 18.5 Å². The molecule has 0 bridgehead atoms. The van der Waals surface area contributed by atoms with Crippen LogP contribution in [0, 0.1) is 0 Å². The Bertz CT molecular complexity index is 649. The first-order chi connectivity index (χ1) is 10.1. The van der Waals surface area contributed by atoms with Gasteiger partial charge in [-0.2, -0.15) is 0 Å². The maximum Gasteiger partial charge on any atom is 0.132 e. The number of ether oxygens (including phenoxy) is 1. The highest BCUT2D eigenvalue weighted by molar-refractivity contribution is 6.33. The summed E-state index contributed by atoms with van der Waals surface area (Å²) in [5.74, 6) is 2.19. The summed E-state index contributed by atoms with van der Waals surface area (Å²) in [6.07, 6.45) is 3.66. The van der Waals surface area contributed by atoms with Crippen LogP contribution in [0.3, 0.4) is 0 Å². The third-order valence-corrected chi connectivity index (χ3v) is 3.62. The molecule has 2 N–H and O–H groups in total. The molecule has 0 saturated carbocycles. The first kappa shape index (κ1) is 15.4. The van der Waals surface area contributed by atoms with Gasteiger partial charge in [-0.1, -0.05) is 30.7 Å². The molecule has 0 fully saturated rings. The fourth-order valence-corrected chi connectivity index (χ4v) is 2.60. The third-order valence-electron chi connectivity index (χ3n) is 3.30. The second-order valence-corrected chi connectivity index (χ2v) is 5.14. The molecule has 0 saturated heterocycles. The van der Waals surface area contributed by atoms with Crippen molar-refractivity contribution in [2.24, 2.45) is 0 Å². The molecule has 0 unspecified atom stereocenters. The van der Waals surface area contributed by atoms with E-state index >= 15 is 0 Å². The Balaban J connectivity index is 2.64. The third kappa shape index (κ3) is 2.90. The number of rotatable bonds is 6. The topological polar surface area (TPSA) is 53.1 Å². The Morgan fingerprint density at radius 3 is 2.86 bits per heavy atom. The van der Waals surface area contributed by atoms with Crippen LogP contribution in [-0.4, -0.2) is 16.7 Å². The molecule has 112 valence electrons. The lowest BCUT2D eigenvalue weighted by atomic mass is 10.1.